The lowest BCUT2D eigenvalue weighted by Gasteiger charge is -2.34. The van der Waals surface area contributed by atoms with Gasteiger partial charge < -0.3 is 9.42 Å². The molecule has 6 nitrogen and oxygen atoms in total. The standard InChI is InChI=1S/C14H24N4O2S/c1-3-13-15-12(16-20-13)11-17-6-8-18(9-7-17)14(19)5-10-21-4-2/h3-11H2,1-2H3. The Labute approximate surface area is 130 Å². The van der Waals surface area contributed by atoms with E-state index in [1.807, 2.05) is 23.6 Å². The highest BCUT2D eigenvalue weighted by Crippen LogP contribution is 2.09. The van der Waals surface area contributed by atoms with Gasteiger partial charge in [0.25, 0.3) is 0 Å². The van der Waals surface area contributed by atoms with Gasteiger partial charge in [0.15, 0.2) is 5.82 Å². The molecule has 0 radical (unpaired) electrons. The Bertz CT molecular complexity index is 444. The Kier molecular flexibility index (Phi) is 6.50. The number of nitrogens with zero attached hydrogens (tertiary/aromatic N) is 4. The maximum atomic E-state index is 12.0. The van der Waals surface area contributed by atoms with E-state index in [0.717, 1.165) is 49.9 Å². The highest BCUT2D eigenvalue weighted by molar-refractivity contribution is 7.99. The van der Waals surface area contributed by atoms with Crippen LogP contribution in [0.1, 0.15) is 32.0 Å². The number of piperazine rings is 1. The van der Waals surface area contributed by atoms with Crippen LogP contribution in [0, 0.1) is 0 Å². The topological polar surface area (TPSA) is 62.5 Å². The fourth-order valence-corrected chi connectivity index (χ4v) is 2.92. The molecule has 21 heavy (non-hydrogen) atoms. The maximum absolute atomic E-state index is 12.0. The van der Waals surface area contributed by atoms with Crippen molar-refractivity contribution >= 4 is 17.7 Å². The summed E-state index contributed by atoms with van der Waals surface area (Å²) in [4.78, 5) is 20.6. The van der Waals surface area contributed by atoms with Crippen LogP contribution in [0.2, 0.25) is 0 Å². The summed E-state index contributed by atoms with van der Waals surface area (Å²) >= 11 is 1.82. The third-order valence-electron chi connectivity index (χ3n) is 3.57. The zero-order chi connectivity index (χ0) is 15.1. The van der Waals surface area contributed by atoms with E-state index >= 15 is 0 Å². The summed E-state index contributed by atoms with van der Waals surface area (Å²) < 4.78 is 5.11. The molecule has 0 aromatic carbocycles. The molecule has 1 aliphatic rings. The molecule has 1 aliphatic heterocycles. The van der Waals surface area contributed by atoms with Crippen molar-refractivity contribution in [2.45, 2.75) is 33.2 Å². The van der Waals surface area contributed by atoms with E-state index in [1.54, 1.807) is 0 Å². The molecule has 0 aliphatic carbocycles. The Morgan fingerprint density at radius 2 is 2.05 bits per heavy atom. The van der Waals surface area contributed by atoms with Crippen molar-refractivity contribution in [3.05, 3.63) is 11.7 Å². The number of aryl methyl sites for hydroxylation is 1. The number of amides is 1. The van der Waals surface area contributed by atoms with E-state index in [1.165, 1.54) is 0 Å². The maximum Gasteiger partial charge on any atom is 0.226 e. The van der Waals surface area contributed by atoms with Crippen LogP contribution in [0.4, 0.5) is 0 Å². The minimum absolute atomic E-state index is 0.281. The SMILES string of the molecule is CCSCCC(=O)N1CCN(Cc2noc(CC)n2)CC1. The predicted molar refractivity (Wildman–Crippen MR) is 83.1 cm³/mol. The van der Waals surface area contributed by atoms with E-state index in [-0.39, 0.29) is 5.91 Å². The quantitative estimate of drug-likeness (QED) is 0.710. The van der Waals surface area contributed by atoms with Gasteiger partial charge in [-0.2, -0.15) is 16.7 Å². The fourth-order valence-electron chi connectivity index (χ4n) is 2.32. The van der Waals surface area contributed by atoms with Crippen molar-refractivity contribution in [2.24, 2.45) is 0 Å². The zero-order valence-electron chi connectivity index (χ0n) is 12.9. The third-order valence-corrected chi connectivity index (χ3v) is 4.47. The molecule has 1 aromatic rings. The van der Waals surface area contributed by atoms with Crippen molar-refractivity contribution < 1.29 is 9.32 Å². The predicted octanol–water partition coefficient (Wildman–Crippen LogP) is 1.42. The molecule has 1 saturated heterocycles. The van der Waals surface area contributed by atoms with Gasteiger partial charge in [-0.15, -0.1) is 0 Å². The minimum Gasteiger partial charge on any atom is -0.340 e. The highest BCUT2D eigenvalue weighted by atomic mass is 32.2. The monoisotopic (exact) mass is 312 g/mol. The van der Waals surface area contributed by atoms with Crippen molar-refractivity contribution in [3.8, 4) is 0 Å². The Morgan fingerprint density at radius 1 is 1.29 bits per heavy atom. The van der Waals surface area contributed by atoms with Gasteiger partial charge in [0.05, 0.1) is 6.54 Å². The average molecular weight is 312 g/mol. The van der Waals surface area contributed by atoms with E-state index in [2.05, 4.69) is 22.0 Å². The minimum atomic E-state index is 0.281. The van der Waals surface area contributed by atoms with E-state index in [9.17, 15) is 4.79 Å². The van der Waals surface area contributed by atoms with Crippen molar-refractivity contribution in [1.82, 2.24) is 19.9 Å². The Morgan fingerprint density at radius 3 is 2.67 bits per heavy atom. The molecule has 7 heteroatoms. The first kappa shape index (κ1) is 16.3. The second-order valence-electron chi connectivity index (χ2n) is 5.06. The van der Waals surface area contributed by atoms with Crippen LogP contribution in [-0.2, 0) is 17.8 Å². The number of rotatable bonds is 7. The first-order valence-electron chi connectivity index (χ1n) is 7.62. The largest absolute Gasteiger partial charge is 0.340 e. The number of thioether (sulfide) groups is 1. The molecule has 1 amide bonds. The lowest BCUT2D eigenvalue weighted by Crippen LogP contribution is -2.48. The Balaban J connectivity index is 1.71. The van der Waals surface area contributed by atoms with E-state index in [4.69, 9.17) is 4.52 Å². The smallest absolute Gasteiger partial charge is 0.226 e. The molecule has 2 rings (SSSR count). The molecule has 1 fully saturated rings. The first-order chi connectivity index (χ1) is 10.2. The lowest BCUT2D eigenvalue weighted by atomic mass is 10.3. The summed E-state index contributed by atoms with van der Waals surface area (Å²) in [6.07, 6.45) is 1.42. The fraction of sp³-hybridized carbons (Fsp3) is 0.786. The van der Waals surface area contributed by atoms with Crippen molar-refractivity contribution in [1.29, 1.82) is 0 Å². The highest BCUT2D eigenvalue weighted by Gasteiger charge is 2.21. The van der Waals surface area contributed by atoms with E-state index < -0.39 is 0 Å². The average Bonchev–Trinajstić information content (AvgIpc) is 2.96. The summed E-state index contributed by atoms with van der Waals surface area (Å²) in [7, 11) is 0. The number of carbonyl (C=O) groups excluding carboxylic acids is 1. The number of carbonyl (C=O) groups is 1. The molecule has 118 valence electrons. The van der Waals surface area contributed by atoms with Gasteiger partial charge in [-0.05, 0) is 5.75 Å². The summed E-state index contributed by atoms with van der Waals surface area (Å²) in [5.74, 6) is 3.71. The van der Waals surface area contributed by atoms with Crippen molar-refractivity contribution in [2.75, 3.05) is 37.7 Å². The summed E-state index contributed by atoms with van der Waals surface area (Å²) in [5.41, 5.74) is 0. The van der Waals surface area contributed by atoms with Gasteiger partial charge in [0.1, 0.15) is 0 Å². The molecule has 1 aromatic heterocycles. The van der Waals surface area contributed by atoms with Crippen LogP contribution >= 0.6 is 11.8 Å². The van der Waals surface area contributed by atoms with Gasteiger partial charge in [0, 0.05) is 44.8 Å². The van der Waals surface area contributed by atoms with Crippen LogP contribution in [0.3, 0.4) is 0 Å². The molecule has 0 unspecified atom stereocenters. The van der Waals surface area contributed by atoms with Gasteiger partial charge in [0.2, 0.25) is 11.8 Å². The van der Waals surface area contributed by atoms with Crippen LogP contribution < -0.4 is 0 Å². The normalized spacial score (nSPS) is 16.4. The van der Waals surface area contributed by atoms with Crippen LogP contribution in [0.5, 0.6) is 0 Å². The van der Waals surface area contributed by atoms with Crippen molar-refractivity contribution in [3.63, 3.8) is 0 Å². The van der Waals surface area contributed by atoms with Gasteiger partial charge in [-0.1, -0.05) is 19.0 Å². The Hall–Kier alpha value is -1.08. The molecule has 2 heterocycles. The van der Waals surface area contributed by atoms with Crippen LogP contribution in [0.25, 0.3) is 0 Å². The molecule has 0 saturated carbocycles. The molecular formula is C14H24N4O2S. The molecule has 0 N–H and O–H groups in total. The number of aromatic nitrogens is 2. The molecular weight excluding hydrogens is 288 g/mol. The van der Waals surface area contributed by atoms with E-state index in [0.29, 0.717) is 18.9 Å². The van der Waals surface area contributed by atoms with Crippen LogP contribution in [0.15, 0.2) is 4.52 Å². The van der Waals surface area contributed by atoms with Crippen LogP contribution in [-0.4, -0.2) is 63.5 Å². The molecule has 0 atom stereocenters. The second kappa shape index (κ2) is 8.38. The molecule has 0 bridgehead atoms. The third kappa shape index (κ3) is 5.00. The second-order valence-corrected chi connectivity index (χ2v) is 6.46. The lowest BCUT2D eigenvalue weighted by molar-refractivity contribution is -0.132. The summed E-state index contributed by atoms with van der Waals surface area (Å²) in [5, 5.41) is 3.97. The number of hydrogen-bond acceptors (Lipinski definition) is 6. The zero-order valence-corrected chi connectivity index (χ0v) is 13.7. The van der Waals surface area contributed by atoms with Gasteiger partial charge in [-0.25, -0.2) is 0 Å². The summed E-state index contributed by atoms with van der Waals surface area (Å²) in [6, 6.07) is 0. The summed E-state index contributed by atoms with van der Waals surface area (Å²) in [6.45, 7) is 8.18. The number of hydrogen-bond donors (Lipinski definition) is 0. The first-order valence-corrected chi connectivity index (χ1v) is 8.77. The molecule has 0 spiro atoms. The van der Waals surface area contributed by atoms with Gasteiger partial charge >= 0.3 is 0 Å². The van der Waals surface area contributed by atoms with Gasteiger partial charge in [-0.3, -0.25) is 9.69 Å².